The van der Waals surface area contributed by atoms with Crippen LogP contribution < -0.4 is 10.4 Å². The second-order valence-corrected chi connectivity index (χ2v) is 12.3. The molecule has 27 heavy (non-hydrogen) atoms. The topological polar surface area (TPSA) is 79.2 Å². The molecule has 0 amide bonds. The van der Waals surface area contributed by atoms with Crippen molar-refractivity contribution < 1.29 is 24.5 Å². The summed E-state index contributed by atoms with van der Waals surface area (Å²) in [4.78, 5) is 0. The fourth-order valence-electron chi connectivity index (χ4n) is 3.84. The van der Waals surface area contributed by atoms with Crippen molar-refractivity contribution >= 4 is 18.7 Å². The van der Waals surface area contributed by atoms with Crippen LogP contribution in [0, 0.1) is 0 Å². The Morgan fingerprint density at radius 3 is 1.70 bits per heavy atom. The normalized spacial score (nSPS) is 26.3. The minimum atomic E-state index is -2.74. The van der Waals surface area contributed by atoms with Crippen molar-refractivity contribution in [2.24, 2.45) is 0 Å². The molecule has 0 radical (unpaired) electrons. The molecule has 0 aromatic heterocycles. The van der Waals surface area contributed by atoms with E-state index in [9.17, 15) is 15.3 Å². The van der Waals surface area contributed by atoms with E-state index in [1.165, 1.54) is 0 Å². The van der Waals surface area contributed by atoms with Gasteiger partial charge in [0.2, 0.25) is 0 Å². The van der Waals surface area contributed by atoms with Crippen LogP contribution >= 0.6 is 0 Å². The summed E-state index contributed by atoms with van der Waals surface area (Å²) < 4.78 is 12.0. The van der Waals surface area contributed by atoms with Crippen LogP contribution in [0.15, 0.2) is 60.7 Å². The lowest BCUT2D eigenvalue weighted by atomic mass is 10.1. The van der Waals surface area contributed by atoms with Crippen molar-refractivity contribution in [3.05, 3.63) is 60.7 Å². The standard InChI is InChI=1S/C21H28O5Si/c1-21(2,3)27(15-10-6-4-7-11-15,16-12-8-5-9-13-16)25-14-17-18(22)19(23)20(24)26-17/h4-13,17-20,22-24H,14H2,1-3H3/t17-,18-,19-,20?/m0/s1. The van der Waals surface area contributed by atoms with Gasteiger partial charge in [0.25, 0.3) is 8.32 Å². The molecule has 0 bridgehead atoms. The maximum atomic E-state index is 10.2. The molecule has 1 aliphatic rings. The Bertz CT molecular complexity index is 692. The third-order valence-corrected chi connectivity index (χ3v) is 10.2. The van der Waals surface area contributed by atoms with Crippen LogP contribution in [0.25, 0.3) is 0 Å². The molecule has 146 valence electrons. The molecular weight excluding hydrogens is 360 g/mol. The van der Waals surface area contributed by atoms with Crippen LogP contribution in [0.3, 0.4) is 0 Å². The first-order chi connectivity index (χ1) is 12.8. The molecule has 0 spiro atoms. The van der Waals surface area contributed by atoms with Crippen molar-refractivity contribution in [2.75, 3.05) is 6.61 Å². The molecule has 1 heterocycles. The molecule has 1 unspecified atom stereocenters. The van der Waals surface area contributed by atoms with Crippen molar-refractivity contribution in [1.29, 1.82) is 0 Å². The Hall–Kier alpha value is -1.54. The quantitative estimate of drug-likeness (QED) is 0.666. The number of hydrogen-bond donors (Lipinski definition) is 3. The maximum Gasteiger partial charge on any atom is 0.261 e. The average molecular weight is 389 g/mol. The van der Waals surface area contributed by atoms with E-state index in [0.29, 0.717) is 0 Å². The molecule has 0 saturated carbocycles. The van der Waals surface area contributed by atoms with E-state index in [4.69, 9.17) is 9.16 Å². The van der Waals surface area contributed by atoms with Crippen LogP contribution in [0.5, 0.6) is 0 Å². The summed E-state index contributed by atoms with van der Waals surface area (Å²) in [7, 11) is -2.74. The molecule has 6 heteroatoms. The van der Waals surface area contributed by atoms with Gasteiger partial charge in [0.15, 0.2) is 6.29 Å². The lowest BCUT2D eigenvalue weighted by molar-refractivity contribution is -0.132. The summed E-state index contributed by atoms with van der Waals surface area (Å²) in [6.07, 6.45) is -4.68. The third-order valence-electron chi connectivity index (χ3n) is 5.22. The predicted molar refractivity (Wildman–Crippen MR) is 106 cm³/mol. The first-order valence-corrected chi connectivity index (χ1v) is 11.1. The Balaban J connectivity index is 2.02. The molecule has 3 N–H and O–H groups in total. The molecule has 2 aromatic carbocycles. The van der Waals surface area contributed by atoms with Gasteiger partial charge in [0.05, 0.1) is 6.61 Å². The molecular formula is C21H28O5Si. The number of ether oxygens (including phenoxy) is 1. The number of aliphatic hydroxyl groups excluding tert-OH is 3. The Kier molecular flexibility index (Phi) is 5.86. The van der Waals surface area contributed by atoms with E-state index in [0.717, 1.165) is 10.4 Å². The van der Waals surface area contributed by atoms with Crippen LogP contribution in [0.4, 0.5) is 0 Å². The van der Waals surface area contributed by atoms with Crippen LogP contribution in [0.2, 0.25) is 5.04 Å². The fraction of sp³-hybridized carbons (Fsp3) is 0.429. The lowest BCUT2D eigenvalue weighted by Gasteiger charge is -2.43. The highest BCUT2D eigenvalue weighted by Gasteiger charge is 2.51. The van der Waals surface area contributed by atoms with E-state index < -0.39 is 32.9 Å². The van der Waals surface area contributed by atoms with E-state index >= 15 is 0 Å². The number of rotatable bonds is 5. The minimum absolute atomic E-state index is 0.0859. The number of hydrogen-bond acceptors (Lipinski definition) is 5. The largest absolute Gasteiger partial charge is 0.405 e. The van der Waals surface area contributed by atoms with E-state index in [-0.39, 0.29) is 11.6 Å². The first-order valence-electron chi connectivity index (χ1n) is 9.22. The van der Waals surface area contributed by atoms with Crippen LogP contribution in [0.1, 0.15) is 20.8 Å². The first kappa shape index (κ1) is 20.2. The lowest BCUT2D eigenvalue weighted by Crippen LogP contribution is -2.67. The van der Waals surface area contributed by atoms with Crippen molar-refractivity contribution in [3.63, 3.8) is 0 Å². The van der Waals surface area contributed by atoms with Gasteiger partial charge in [-0.05, 0) is 15.4 Å². The summed E-state index contributed by atoms with van der Waals surface area (Å²) in [5, 5.41) is 31.7. The van der Waals surface area contributed by atoms with Gasteiger partial charge in [-0.3, -0.25) is 0 Å². The summed E-state index contributed by atoms with van der Waals surface area (Å²) in [5.41, 5.74) is 0. The third kappa shape index (κ3) is 3.74. The second-order valence-electron chi connectivity index (χ2n) is 8.02. The van der Waals surface area contributed by atoms with Gasteiger partial charge in [0.1, 0.15) is 18.3 Å². The summed E-state index contributed by atoms with van der Waals surface area (Å²) >= 11 is 0. The summed E-state index contributed by atoms with van der Waals surface area (Å²) in [5.74, 6) is 0. The predicted octanol–water partition coefficient (Wildman–Crippen LogP) is 1.00. The molecule has 2 aromatic rings. The highest BCUT2D eigenvalue weighted by atomic mass is 28.4. The van der Waals surface area contributed by atoms with E-state index in [1.807, 2.05) is 36.4 Å². The zero-order valence-corrected chi connectivity index (χ0v) is 16.9. The van der Waals surface area contributed by atoms with Gasteiger partial charge in [-0.15, -0.1) is 0 Å². The molecule has 0 aliphatic carbocycles. The average Bonchev–Trinajstić information content (AvgIpc) is 2.90. The Morgan fingerprint density at radius 2 is 1.33 bits per heavy atom. The molecule has 1 fully saturated rings. The minimum Gasteiger partial charge on any atom is -0.405 e. The highest BCUT2D eigenvalue weighted by molar-refractivity contribution is 6.99. The smallest absolute Gasteiger partial charge is 0.261 e. The van der Waals surface area contributed by atoms with Crippen molar-refractivity contribution in [1.82, 2.24) is 0 Å². The van der Waals surface area contributed by atoms with Gasteiger partial charge < -0.3 is 24.5 Å². The Labute approximate surface area is 161 Å². The van der Waals surface area contributed by atoms with Crippen LogP contribution in [-0.4, -0.2) is 54.8 Å². The van der Waals surface area contributed by atoms with Crippen LogP contribution in [-0.2, 0) is 9.16 Å². The number of aliphatic hydroxyl groups is 3. The van der Waals surface area contributed by atoms with E-state index in [2.05, 4.69) is 45.0 Å². The van der Waals surface area contributed by atoms with E-state index in [1.54, 1.807) is 0 Å². The van der Waals surface area contributed by atoms with Gasteiger partial charge >= 0.3 is 0 Å². The van der Waals surface area contributed by atoms with Gasteiger partial charge in [-0.2, -0.15) is 0 Å². The summed E-state index contributed by atoms with van der Waals surface area (Å²) in [6, 6.07) is 20.3. The zero-order chi connectivity index (χ0) is 19.7. The van der Waals surface area contributed by atoms with Gasteiger partial charge in [-0.1, -0.05) is 81.4 Å². The molecule has 4 atom stereocenters. The maximum absolute atomic E-state index is 10.2. The Morgan fingerprint density at radius 1 is 0.852 bits per heavy atom. The zero-order valence-electron chi connectivity index (χ0n) is 15.9. The van der Waals surface area contributed by atoms with Gasteiger partial charge in [-0.25, -0.2) is 0 Å². The van der Waals surface area contributed by atoms with Crippen molar-refractivity contribution in [2.45, 2.75) is 50.4 Å². The highest BCUT2D eigenvalue weighted by Crippen LogP contribution is 2.37. The molecule has 1 saturated heterocycles. The fourth-order valence-corrected chi connectivity index (χ4v) is 8.41. The number of benzene rings is 2. The molecule has 1 aliphatic heterocycles. The summed E-state index contributed by atoms with van der Waals surface area (Å²) in [6.45, 7) is 6.57. The van der Waals surface area contributed by atoms with Gasteiger partial charge in [0, 0.05) is 0 Å². The SMILES string of the molecule is CC(C)(C)[Si](OC[C@@H]1OC(O)[C@@H](O)[C@H]1O)(c1ccccc1)c1ccccc1. The monoisotopic (exact) mass is 388 g/mol. The molecule has 5 nitrogen and oxygen atoms in total. The molecule has 3 rings (SSSR count). The van der Waals surface area contributed by atoms with Crippen molar-refractivity contribution in [3.8, 4) is 0 Å². The second kappa shape index (κ2) is 7.83.